The number of carbonyl (C=O) groups excluding carboxylic acids is 2. The molecule has 0 spiro atoms. The number of benzene rings is 3. The Balaban J connectivity index is 1.81. The van der Waals surface area contributed by atoms with Crippen molar-refractivity contribution in [3.05, 3.63) is 94.5 Å². The van der Waals surface area contributed by atoms with E-state index in [-0.39, 0.29) is 11.9 Å². The molecule has 2 N–H and O–H groups in total. The van der Waals surface area contributed by atoms with Crippen LogP contribution >= 0.6 is 11.6 Å². The molecule has 0 fully saturated rings. The van der Waals surface area contributed by atoms with Crippen molar-refractivity contribution in [2.24, 2.45) is 0 Å². The van der Waals surface area contributed by atoms with E-state index in [9.17, 15) is 9.59 Å². The first-order valence-corrected chi connectivity index (χ1v) is 10.5. The lowest BCUT2D eigenvalue weighted by atomic mass is 10.1. The van der Waals surface area contributed by atoms with Crippen molar-refractivity contribution in [3.63, 3.8) is 0 Å². The SMILES string of the molecule is CC[C@@H](C)NC(=O)c1ccccc1NC(=O)c1cc(Cl)ccc1OCc1ccccc1. The van der Waals surface area contributed by atoms with Crippen LogP contribution in [-0.2, 0) is 6.61 Å². The zero-order valence-corrected chi connectivity index (χ0v) is 18.3. The molecule has 5 nitrogen and oxygen atoms in total. The van der Waals surface area contributed by atoms with Gasteiger partial charge in [0.05, 0.1) is 16.8 Å². The van der Waals surface area contributed by atoms with E-state index in [1.165, 1.54) is 0 Å². The van der Waals surface area contributed by atoms with Crippen LogP contribution in [0.1, 0.15) is 46.5 Å². The van der Waals surface area contributed by atoms with Crippen molar-refractivity contribution >= 4 is 29.1 Å². The standard InChI is InChI=1S/C25H25ClN2O3/c1-3-17(2)27-24(29)20-11-7-8-12-22(20)28-25(30)21-15-19(26)13-14-23(21)31-16-18-9-5-4-6-10-18/h4-15,17H,3,16H2,1-2H3,(H,27,29)(H,28,30)/t17-/m1/s1. The van der Waals surface area contributed by atoms with E-state index in [2.05, 4.69) is 10.6 Å². The van der Waals surface area contributed by atoms with Gasteiger partial charge in [0.2, 0.25) is 0 Å². The molecule has 6 heteroatoms. The highest BCUT2D eigenvalue weighted by Gasteiger charge is 2.18. The summed E-state index contributed by atoms with van der Waals surface area (Å²) in [7, 11) is 0. The fourth-order valence-electron chi connectivity index (χ4n) is 2.92. The molecule has 0 saturated carbocycles. The van der Waals surface area contributed by atoms with Crippen LogP contribution in [0, 0.1) is 0 Å². The van der Waals surface area contributed by atoms with Gasteiger partial charge in [-0.05, 0) is 49.2 Å². The lowest BCUT2D eigenvalue weighted by Gasteiger charge is -2.16. The molecular formula is C25H25ClN2O3. The lowest BCUT2D eigenvalue weighted by Crippen LogP contribution is -2.32. The number of halogens is 1. The van der Waals surface area contributed by atoms with Crippen LogP contribution in [0.25, 0.3) is 0 Å². The molecule has 0 aromatic heterocycles. The van der Waals surface area contributed by atoms with Gasteiger partial charge in [-0.25, -0.2) is 0 Å². The Bertz CT molecular complexity index is 1050. The van der Waals surface area contributed by atoms with E-state index in [1.807, 2.05) is 44.2 Å². The summed E-state index contributed by atoms with van der Waals surface area (Å²) in [6.45, 7) is 4.24. The fourth-order valence-corrected chi connectivity index (χ4v) is 3.10. The Kier molecular flexibility index (Phi) is 7.68. The summed E-state index contributed by atoms with van der Waals surface area (Å²) in [4.78, 5) is 25.7. The highest BCUT2D eigenvalue weighted by molar-refractivity contribution is 6.31. The van der Waals surface area contributed by atoms with Crippen LogP contribution in [0.2, 0.25) is 5.02 Å². The summed E-state index contributed by atoms with van der Waals surface area (Å²) in [5.41, 5.74) is 2.09. The number of ether oxygens (including phenoxy) is 1. The van der Waals surface area contributed by atoms with Crippen molar-refractivity contribution in [1.82, 2.24) is 5.32 Å². The van der Waals surface area contributed by atoms with Gasteiger partial charge in [-0.15, -0.1) is 0 Å². The smallest absolute Gasteiger partial charge is 0.259 e. The quantitative estimate of drug-likeness (QED) is 0.476. The minimum absolute atomic E-state index is 0.0298. The van der Waals surface area contributed by atoms with Crippen LogP contribution in [0.3, 0.4) is 0 Å². The summed E-state index contributed by atoms with van der Waals surface area (Å²) in [5, 5.41) is 6.17. The number of amides is 2. The molecule has 3 aromatic rings. The zero-order chi connectivity index (χ0) is 22.2. The van der Waals surface area contributed by atoms with Crippen LogP contribution < -0.4 is 15.4 Å². The second-order valence-electron chi connectivity index (χ2n) is 7.20. The highest BCUT2D eigenvalue weighted by atomic mass is 35.5. The van der Waals surface area contributed by atoms with Gasteiger partial charge in [0.25, 0.3) is 11.8 Å². The second kappa shape index (κ2) is 10.6. The minimum Gasteiger partial charge on any atom is -0.488 e. The Morgan fingerprint density at radius 1 is 0.935 bits per heavy atom. The van der Waals surface area contributed by atoms with Gasteiger partial charge in [0, 0.05) is 11.1 Å². The molecule has 31 heavy (non-hydrogen) atoms. The first-order valence-electron chi connectivity index (χ1n) is 10.2. The minimum atomic E-state index is -0.408. The number of hydrogen-bond acceptors (Lipinski definition) is 3. The number of rotatable bonds is 8. The summed E-state index contributed by atoms with van der Waals surface area (Å²) in [5.74, 6) is -0.237. The third-order valence-corrected chi connectivity index (χ3v) is 5.07. The second-order valence-corrected chi connectivity index (χ2v) is 7.63. The molecule has 0 aliphatic carbocycles. The maximum Gasteiger partial charge on any atom is 0.259 e. The molecule has 2 amide bonds. The van der Waals surface area contributed by atoms with Crippen LogP contribution in [0.15, 0.2) is 72.8 Å². The molecule has 0 unspecified atom stereocenters. The first-order chi connectivity index (χ1) is 15.0. The lowest BCUT2D eigenvalue weighted by molar-refractivity contribution is 0.0940. The topological polar surface area (TPSA) is 67.4 Å². The summed E-state index contributed by atoms with van der Waals surface area (Å²) in [6, 6.07) is 21.5. The van der Waals surface area contributed by atoms with E-state index >= 15 is 0 Å². The summed E-state index contributed by atoms with van der Waals surface area (Å²) >= 11 is 6.14. The van der Waals surface area contributed by atoms with Gasteiger partial charge in [-0.3, -0.25) is 9.59 Å². The summed E-state index contributed by atoms with van der Waals surface area (Å²) < 4.78 is 5.88. The van der Waals surface area contributed by atoms with Gasteiger partial charge < -0.3 is 15.4 Å². The number of nitrogens with one attached hydrogen (secondary N) is 2. The van der Waals surface area contributed by atoms with Gasteiger partial charge in [0.1, 0.15) is 12.4 Å². The molecule has 0 aliphatic heterocycles. The Labute approximate surface area is 187 Å². The highest BCUT2D eigenvalue weighted by Crippen LogP contribution is 2.26. The van der Waals surface area contributed by atoms with Crippen molar-refractivity contribution in [2.45, 2.75) is 32.9 Å². The molecule has 160 valence electrons. The molecule has 0 saturated heterocycles. The Hall–Kier alpha value is -3.31. The average molecular weight is 437 g/mol. The largest absolute Gasteiger partial charge is 0.488 e. The van der Waals surface area contributed by atoms with E-state index in [1.54, 1.807) is 42.5 Å². The van der Waals surface area contributed by atoms with E-state index in [4.69, 9.17) is 16.3 Å². The first kappa shape index (κ1) is 22.4. The Morgan fingerprint density at radius 2 is 1.65 bits per heavy atom. The van der Waals surface area contributed by atoms with Crippen LogP contribution in [0.4, 0.5) is 5.69 Å². The van der Waals surface area contributed by atoms with Crippen molar-refractivity contribution in [2.75, 3.05) is 5.32 Å². The number of hydrogen-bond donors (Lipinski definition) is 2. The zero-order valence-electron chi connectivity index (χ0n) is 17.5. The third-order valence-electron chi connectivity index (χ3n) is 4.83. The molecule has 3 rings (SSSR count). The number of para-hydroxylation sites is 1. The molecule has 0 radical (unpaired) electrons. The monoisotopic (exact) mass is 436 g/mol. The maximum absolute atomic E-state index is 13.1. The summed E-state index contributed by atoms with van der Waals surface area (Å²) in [6.07, 6.45) is 0.810. The number of anilines is 1. The molecule has 0 bridgehead atoms. The fraction of sp³-hybridized carbons (Fsp3) is 0.200. The molecule has 1 atom stereocenters. The van der Waals surface area contributed by atoms with Crippen LogP contribution in [0.5, 0.6) is 5.75 Å². The van der Waals surface area contributed by atoms with Gasteiger partial charge in [-0.2, -0.15) is 0 Å². The van der Waals surface area contributed by atoms with Gasteiger partial charge in [-0.1, -0.05) is 61.0 Å². The number of carbonyl (C=O) groups is 2. The predicted molar refractivity (Wildman–Crippen MR) is 124 cm³/mol. The van der Waals surface area contributed by atoms with E-state index in [0.717, 1.165) is 12.0 Å². The molecular weight excluding hydrogens is 412 g/mol. The maximum atomic E-state index is 13.1. The molecule has 3 aromatic carbocycles. The molecule has 0 aliphatic rings. The predicted octanol–water partition coefficient (Wildman–Crippen LogP) is 5.70. The van der Waals surface area contributed by atoms with Crippen molar-refractivity contribution in [3.8, 4) is 5.75 Å². The average Bonchev–Trinajstić information content (AvgIpc) is 2.79. The van der Waals surface area contributed by atoms with Crippen molar-refractivity contribution in [1.29, 1.82) is 0 Å². The Morgan fingerprint density at radius 3 is 2.39 bits per heavy atom. The van der Waals surface area contributed by atoms with E-state index < -0.39 is 5.91 Å². The van der Waals surface area contributed by atoms with Crippen molar-refractivity contribution < 1.29 is 14.3 Å². The van der Waals surface area contributed by atoms with E-state index in [0.29, 0.717) is 34.2 Å². The third kappa shape index (κ3) is 6.09. The van der Waals surface area contributed by atoms with Gasteiger partial charge >= 0.3 is 0 Å². The van der Waals surface area contributed by atoms with Crippen LogP contribution in [-0.4, -0.2) is 17.9 Å². The molecule has 0 heterocycles. The normalized spacial score (nSPS) is 11.5. The van der Waals surface area contributed by atoms with Gasteiger partial charge in [0.15, 0.2) is 0 Å².